The molecule has 0 aromatic heterocycles. The van der Waals surface area contributed by atoms with Crippen molar-refractivity contribution in [3.8, 4) is 0 Å². The molecule has 1 saturated carbocycles. The van der Waals surface area contributed by atoms with Crippen molar-refractivity contribution in [2.75, 3.05) is 18.9 Å². The minimum atomic E-state index is 0.311. The van der Waals surface area contributed by atoms with Crippen LogP contribution in [0.5, 0.6) is 0 Å². The number of hydrogen-bond acceptors (Lipinski definition) is 2. The average molecular weight is 286 g/mol. The van der Waals surface area contributed by atoms with Crippen molar-refractivity contribution in [2.24, 2.45) is 0 Å². The van der Waals surface area contributed by atoms with Crippen LogP contribution in [0.1, 0.15) is 56.4 Å². The van der Waals surface area contributed by atoms with Gasteiger partial charge in [0.15, 0.2) is 0 Å². The normalized spacial score (nSPS) is 22.2. The maximum absolute atomic E-state index is 12.6. The molecule has 1 aliphatic carbocycles. The zero-order valence-electron chi connectivity index (χ0n) is 13.0. The van der Waals surface area contributed by atoms with Gasteiger partial charge < -0.3 is 10.2 Å². The fourth-order valence-corrected chi connectivity index (χ4v) is 3.74. The van der Waals surface area contributed by atoms with Gasteiger partial charge in [-0.05, 0) is 24.5 Å². The predicted octanol–water partition coefficient (Wildman–Crippen LogP) is 3.77. The Morgan fingerprint density at radius 3 is 2.67 bits per heavy atom. The van der Waals surface area contributed by atoms with Crippen LogP contribution >= 0.6 is 0 Å². The largest absolute Gasteiger partial charge is 0.384 e. The van der Waals surface area contributed by atoms with Crippen molar-refractivity contribution >= 4 is 11.6 Å². The molecule has 0 radical (unpaired) electrons. The Morgan fingerprint density at radius 1 is 1.19 bits per heavy atom. The van der Waals surface area contributed by atoms with E-state index in [0.29, 0.717) is 24.3 Å². The summed E-state index contributed by atoms with van der Waals surface area (Å²) in [6.07, 6.45) is 8.21. The molecule has 21 heavy (non-hydrogen) atoms. The summed E-state index contributed by atoms with van der Waals surface area (Å²) in [5.41, 5.74) is 2.51. The van der Waals surface area contributed by atoms with Crippen LogP contribution < -0.4 is 5.32 Å². The molecule has 1 fully saturated rings. The van der Waals surface area contributed by atoms with E-state index in [1.54, 1.807) is 0 Å². The lowest BCUT2D eigenvalue weighted by Crippen LogP contribution is -2.37. The molecule has 3 nitrogen and oxygen atoms in total. The standard InChI is InChI=1S/C18H26N2O/c1-20(15-8-4-2-3-5-9-15)18(21)12-14-13-19-17-11-7-6-10-16(14)17/h6-7,10-11,14-15,19H,2-5,8-9,12-13H2,1H3. The number of anilines is 1. The van der Waals surface area contributed by atoms with Gasteiger partial charge in [-0.2, -0.15) is 0 Å². The number of rotatable bonds is 3. The second kappa shape index (κ2) is 6.50. The van der Waals surface area contributed by atoms with Crippen molar-refractivity contribution < 1.29 is 4.79 Å². The van der Waals surface area contributed by atoms with E-state index < -0.39 is 0 Å². The topological polar surface area (TPSA) is 32.3 Å². The highest BCUT2D eigenvalue weighted by atomic mass is 16.2. The third-order valence-electron chi connectivity index (χ3n) is 5.13. The van der Waals surface area contributed by atoms with Crippen LogP contribution in [0.15, 0.2) is 24.3 Å². The lowest BCUT2D eigenvalue weighted by Gasteiger charge is -2.28. The minimum Gasteiger partial charge on any atom is -0.384 e. The SMILES string of the molecule is CN(C(=O)CC1CNc2ccccc21)C1CCCCCC1. The number of benzene rings is 1. The Hall–Kier alpha value is -1.51. The van der Waals surface area contributed by atoms with Crippen LogP contribution in [0.25, 0.3) is 0 Å². The molecule has 1 unspecified atom stereocenters. The van der Waals surface area contributed by atoms with Crippen molar-refractivity contribution in [1.29, 1.82) is 0 Å². The molecule has 1 aliphatic heterocycles. The van der Waals surface area contributed by atoms with Gasteiger partial charge in [0.05, 0.1) is 0 Å². The van der Waals surface area contributed by atoms with Gasteiger partial charge in [0.1, 0.15) is 0 Å². The van der Waals surface area contributed by atoms with Crippen molar-refractivity contribution in [2.45, 2.75) is 56.9 Å². The molecular weight excluding hydrogens is 260 g/mol. The number of hydrogen-bond donors (Lipinski definition) is 1. The van der Waals surface area contributed by atoms with E-state index >= 15 is 0 Å². The van der Waals surface area contributed by atoms with Gasteiger partial charge in [-0.1, -0.05) is 43.9 Å². The molecule has 1 atom stereocenters. The Labute approximate surface area is 127 Å². The highest BCUT2D eigenvalue weighted by Crippen LogP contribution is 2.34. The van der Waals surface area contributed by atoms with E-state index in [-0.39, 0.29) is 0 Å². The van der Waals surface area contributed by atoms with Gasteiger partial charge in [0.2, 0.25) is 5.91 Å². The molecule has 1 amide bonds. The Kier molecular flexibility index (Phi) is 4.47. The Balaban J connectivity index is 1.61. The van der Waals surface area contributed by atoms with Crippen molar-refractivity contribution in [3.63, 3.8) is 0 Å². The summed E-state index contributed by atoms with van der Waals surface area (Å²) in [5.74, 6) is 0.646. The number of fused-ring (bicyclic) bond motifs is 1. The first kappa shape index (κ1) is 14.4. The highest BCUT2D eigenvalue weighted by Gasteiger charge is 2.27. The number of carbonyl (C=O) groups excluding carboxylic acids is 1. The quantitative estimate of drug-likeness (QED) is 0.858. The van der Waals surface area contributed by atoms with Gasteiger partial charge in [-0.3, -0.25) is 4.79 Å². The van der Waals surface area contributed by atoms with Crippen LogP contribution in [0.4, 0.5) is 5.69 Å². The van der Waals surface area contributed by atoms with E-state index in [9.17, 15) is 4.79 Å². The third kappa shape index (κ3) is 3.22. The maximum atomic E-state index is 12.6. The van der Waals surface area contributed by atoms with E-state index in [0.717, 1.165) is 6.54 Å². The molecule has 1 heterocycles. The highest BCUT2D eigenvalue weighted by molar-refractivity contribution is 5.78. The van der Waals surface area contributed by atoms with E-state index in [2.05, 4.69) is 23.5 Å². The molecule has 1 N–H and O–H groups in total. The minimum absolute atomic E-state index is 0.311. The first-order valence-electron chi connectivity index (χ1n) is 8.34. The maximum Gasteiger partial charge on any atom is 0.223 e. The summed E-state index contributed by atoms with van der Waals surface area (Å²) >= 11 is 0. The van der Waals surface area contributed by atoms with Crippen LogP contribution in [0.3, 0.4) is 0 Å². The van der Waals surface area contributed by atoms with E-state index in [1.807, 2.05) is 18.0 Å². The van der Waals surface area contributed by atoms with Crippen LogP contribution in [-0.4, -0.2) is 30.4 Å². The second-order valence-corrected chi connectivity index (χ2v) is 6.52. The predicted molar refractivity (Wildman–Crippen MR) is 86.5 cm³/mol. The molecule has 0 saturated heterocycles. The zero-order chi connectivity index (χ0) is 14.7. The second-order valence-electron chi connectivity index (χ2n) is 6.52. The fraction of sp³-hybridized carbons (Fsp3) is 0.611. The molecule has 1 aromatic rings. The van der Waals surface area contributed by atoms with Gasteiger partial charge in [0, 0.05) is 37.7 Å². The zero-order valence-corrected chi connectivity index (χ0v) is 13.0. The molecule has 3 rings (SSSR count). The first-order valence-corrected chi connectivity index (χ1v) is 8.34. The lowest BCUT2D eigenvalue weighted by molar-refractivity contribution is -0.132. The molecule has 3 heteroatoms. The monoisotopic (exact) mass is 286 g/mol. The smallest absolute Gasteiger partial charge is 0.223 e. The Bertz CT molecular complexity index is 492. The molecule has 2 aliphatic rings. The van der Waals surface area contributed by atoms with Gasteiger partial charge in [0.25, 0.3) is 0 Å². The van der Waals surface area contributed by atoms with Crippen LogP contribution in [-0.2, 0) is 4.79 Å². The van der Waals surface area contributed by atoms with E-state index in [1.165, 1.54) is 49.8 Å². The number of carbonyl (C=O) groups is 1. The summed E-state index contributed by atoms with van der Waals surface area (Å²) in [6.45, 7) is 0.892. The Morgan fingerprint density at radius 2 is 1.90 bits per heavy atom. The fourth-order valence-electron chi connectivity index (χ4n) is 3.74. The molecular formula is C18H26N2O. The van der Waals surface area contributed by atoms with Gasteiger partial charge in [-0.15, -0.1) is 0 Å². The van der Waals surface area contributed by atoms with Crippen molar-refractivity contribution in [3.05, 3.63) is 29.8 Å². The summed E-state index contributed by atoms with van der Waals surface area (Å²) < 4.78 is 0. The van der Waals surface area contributed by atoms with Crippen LogP contribution in [0, 0.1) is 0 Å². The number of para-hydroxylation sites is 1. The molecule has 0 bridgehead atoms. The lowest BCUT2D eigenvalue weighted by atomic mass is 9.96. The number of amides is 1. The van der Waals surface area contributed by atoms with Gasteiger partial charge in [-0.25, -0.2) is 0 Å². The number of nitrogens with zero attached hydrogens (tertiary/aromatic N) is 1. The summed E-state index contributed by atoms with van der Waals surface area (Å²) in [6, 6.07) is 8.84. The average Bonchev–Trinajstić information content (AvgIpc) is 2.74. The molecule has 114 valence electrons. The van der Waals surface area contributed by atoms with E-state index in [4.69, 9.17) is 0 Å². The van der Waals surface area contributed by atoms with Gasteiger partial charge >= 0.3 is 0 Å². The summed E-state index contributed by atoms with van der Waals surface area (Å²) in [7, 11) is 2.01. The number of nitrogens with one attached hydrogen (secondary N) is 1. The first-order chi connectivity index (χ1) is 10.3. The summed E-state index contributed by atoms with van der Waals surface area (Å²) in [4.78, 5) is 14.7. The third-order valence-corrected chi connectivity index (χ3v) is 5.13. The molecule has 1 aromatic carbocycles. The van der Waals surface area contributed by atoms with Crippen LogP contribution in [0.2, 0.25) is 0 Å². The molecule has 0 spiro atoms. The summed E-state index contributed by atoms with van der Waals surface area (Å²) in [5, 5.41) is 3.41. The van der Waals surface area contributed by atoms with Crippen molar-refractivity contribution in [1.82, 2.24) is 4.90 Å².